The topological polar surface area (TPSA) is 29.5 Å². The van der Waals surface area contributed by atoms with E-state index in [4.69, 9.17) is 4.74 Å². The van der Waals surface area contributed by atoms with Gasteiger partial charge in [0, 0.05) is 6.61 Å². The Kier molecular flexibility index (Phi) is 1.78. The van der Waals surface area contributed by atoms with Crippen LogP contribution in [0.2, 0.25) is 0 Å². The molecule has 1 rings (SSSR count). The van der Waals surface area contributed by atoms with Gasteiger partial charge < -0.3 is 9.84 Å². The molecular formula is C7H14O2. The molecule has 2 atom stereocenters. The fourth-order valence-corrected chi connectivity index (χ4v) is 1.07. The van der Waals surface area contributed by atoms with E-state index in [0.29, 0.717) is 0 Å². The van der Waals surface area contributed by atoms with Crippen LogP contribution in [0, 0.1) is 0 Å². The van der Waals surface area contributed by atoms with E-state index >= 15 is 0 Å². The molecule has 1 aliphatic rings. The van der Waals surface area contributed by atoms with Crippen molar-refractivity contribution < 1.29 is 9.84 Å². The van der Waals surface area contributed by atoms with Crippen LogP contribution >= 0.6 is 0 Å². The summed E-state index contributed by atoms with van der Waals surface area (Å²) in [5.74, 6) is 0. The molecule has 0 saturated carbocycles. The van der Waals surface area contributed by atoms with Gasteiger partial charge in [-0.2, -0.15) is 0 Å². The third-order valence-corrected chi connectivity index (χ3v) is 2.07. The van der Waals surface area contributed by atoms with E-state index in [2.05, 4.69) is 0 Å². The van der Waals surface area contributed by atoms with Crippen LogP contribution in [0.5, 0.6) is 0 Å². The second kappa shape index (κ2) is 2.27. The predicted octanol–water partition coefficient (Wildman–Crippen LogP) is 0.936. The summed E-state index contributed by atoms with van der Waals surface area (Å²) in [6.07, 6.45) is 1.86. The van der Waals surface area contributed by atoms with Crippen LogP contribution in [-0.2, 0) is 4.74 Å². The van der Waals surface area contributed by atoms with Crippen molar-refractivity contribution in [2.75, 3.05) is 6.61 Å². The third kappa shape index (κ3) is 1.43. The first kappa shape index (κ1) is 7.03. The minimum atomic E-state index is -0.585. The predicted molar refractivity (Wildman–Crippen MR) is 35.3 cm³/mol. The highest BCUT2D eigenvalue weighted by Gasteiger charge is 2.31. The molecule has 0 bridgehead atoms. The van der Waals surface area contributed by atoms with Crippen molar-refractivity contribution in [3.8, 4) is 0 Å². The number of hydrogen-bond donors (Lipinski definition) is 1. The van der Waals surface area contributed by atoms with Crippen molar-refractivity contribution in [3.63, 3.8) is 0 Å². The van der Waals surface area contributed by atoms with Crippen LogP contribution in [0.4, 0.5) is 0 Å². The molecule has 1 heterocycles. The maximum atomic E-state index is 9.52. The van der Waals surface area contributed by atoms with Gasteiger partial charge >= 0.3 is 0 Å². The average Bonchev–Trinajstić information content (AvgIpc) is 1.77. The van der Waals surface area contributed by atoms with E-state index in [9.17, 15) is 5.11 Å². The van der Waals surface area contributed by atoms with Gasteiger partial charge in [0.25, 0.3) is 0 Å². The van der Waals surface area contributed by atoms with Crippen molar-refractivity contribution in [3.05, 3.63) is 0 Å². The summed E-state index contributed by atoms with van der Waals surface area (Å²) in [7, 11) is 0. The summed E-state index contributed by atoms with van der Waals surface area (Å²) in [5.41, 5.74) is -0.585. The summed E-state index contributed by atoms with van der Waals surface area (Å²) in [5, 5.41) is 9.52. The van der Waals surface area contributed by atoms with E-state index in [1.807, 2.05) is 13.8 Å². The highest BCUT2D eigenvalue weighted by atomic mass is 16.5. The van der Waals surface area contributed by atoms with Gasteiger partial charge in [-0.3, -0.25) is 0 Å². The van der Waals surface area contributed by atoms with E-state index < -0.39 is 5.60 Å². The molecule has 0 radical (unpaired) electrons. The molecule has 0 aromatic heterocycles. The lowest BCUT2D eigenvalue weighted by Gasteiger charge is -2.34. The van der Waals surface area contributed by atoms with Gasteiger partial charge in [0.2, 0.25) is 0 Å². The molecule has 1 saturated heterocycles. The third-order valence-electron chi connectivity index (χ3n) is 2.07. The summed E-state index contributed by atoms with van der Waals surface area (Å²) in [6, 6.07) is 0. The normalized spacial score (nSPS) is 45.0. The van der Waals surface area contributed by atoms with Crippen molar-refractivity contribution in [1.82, 2.24) is 0 Å². The number of aliphatic hydroxyl groups is 1. The number of hydrogen-bond acceptors (Lipinski definition) is 2. The van der Waals surface area contributed by atoms with Crippen LogP contribution < -0.4 is 0 Å². The van der Waals surface area contributed by atoms with E-state index in [0.717, 1.165) is 19.4 Å². The first-order valence-electron chi connectivity index (χ1n) is 3.47. The summed E-state index contributed by atoms with van der Waals surface area (Å²) in [4.78, 5) is 0. The van der Waals surface area contributed by atoms with Crippen molar-refractivity contribution in [1.29, 1.82) is 0 Å². The molecule has 2 nitrogen and oxygen atoms in total. The molecule has 0 aliphatic carbocycles. The molecule has 1 unspecified atom stereocenters. The van der Waals surface area contributed by atoms with Crippen molar-refractivity contribution in [2.45, 2.75) is 38.4 Å². The molecule has 0 aromatic carbocycles. The zero-order valence-electron chi connectivity index (χ0n) is 6.05. The van der Waals surface area contributed by atoms with Crippen molar-refractivity contribution in [2.24, 2.45) is 0 Å². The maximum absolute atomic E-state index is 9.52. The Bertz CT molecular complexity index is 99.1. The Morgan fingerprint density at radius 1 is 1.67 bits per heavy atom. The van der Waals surface area contributed by atoms with Crippen LogP contribution in [0.3, 0.4) is 0 Å². The van der Waals surface area contributed by atoms with Gasteiger partial charge in [0.15, 0.2) is 0 Å². The summed E-state index contributed by atoms with van der Waals surface area (Å²) in [6.45, 7) is 4.55. The van der Waals surface area contributed by atoms with Gasteiger partial charge in [-0.25, -0.2) is 0 Å². The van der Waals surface area contributed by atoms with E-state index in [-0.39, 0.29) is 6.10 Å². The van der Waals surface area contributed by atoms with E-state index in [1.165, 1.54) is 0 Å². The van der Waals surface area contributed by atoms with Crippen LogP contribution in [-0.4, -0.2) is 23.4 Å². The van der Waals surface area contributed by atoms with Gasteiger partial charge in [-0.05, 0) is 26.7 Å². The van der Waals surface area contributed by atoms with Crippen LogP contribution in [0.25, 0.3) is 0 Å². The molecule has 0 aromatic rings. The van der Waals surface area contributed by atoms with Gasteiger partial charge in [-0.15, -0.1) is 0 Å². The minimum Gasteiger partial charge on any atom is -0.387 e. The quantitative estimate of drug-likeness (QED) is 0.528. The highest BCUT2D eigenvalue weighted by molar-refractivity contribution is 4.82. The minimum absolute atomic E-state index is 0.00579. The monoisotopic (exact) mass is 130 g/mol. The zero-order chi connectivity index (χ0) is 6.91. The zero-order valence-corrected chi connectivity index (χ0v) is 6.05. The standard InChI is InChI=1S/C7H14O2/c1-6-7(2,8)4-3-5-9-6/h6,8H,3-5H2,1-2H3/t6-,7?/m1/s1. The average molecular weight is 130 g/mol. The lowest BCUT2D eigenvalue weighted by Crippen LogP contribution is -2.42. The SMILES string of the molecule is C[C@H]1OCCCC1(C)O. The van der Waals surface area contributed by atoms with Crippen molar-refractivity contribution >= 4 is 0 Å². The molecule has 0 amide bonds. The second-order valence-electron chi connectivity index (χ2n) is 2.97. The Hall–Kier alpha value is -0.0800. The first-order chi connectivity index (χ1) is 4.13. The van der Waals surface area contributed by atoms with Gasteiger partial charge in [-0.1, -0.05) is 0 Å². The summed E-state index contributed by atoms with van der Waals surface area (Å²) >= 11 is 0. The molecule has 1 N–H and O–H groups in total. The van der Waals surface area contributed by atoms with E-state index in [1.54, 1.807) is 0 Å². The summed E-state index contributed by atoms with van der Waals surface area (Å²) < 4.78 is 5.24. The Labute approximate surface area is 55.8 Å². The first-order valence-corrected chi connectivity index (χ1v) is 3.47. The lowest BCUT2D eigenvalue weighted by molar-refractivity contribution is -0.125. The molecule has 1 fully saturated rings. The van der Waals surface area contributed by atoms with Gasteiger partial charge in [0.1, 0.15) is 0 Å². The molecule has 9 heavy (non-hydrogen) atoms. The van der Waals surface area contributed by atoms with Crippen LogP contribution in [0.15, 0.2) is 0 Å². The molecular weight excluding hydrogens is 116 g/mol. The molecule has 0 spiro atoms. The maximum Gasteiger partial charge on any atom is 0.0878 e. The fourth-order valence-electron chi connectivity index (χ4n) is 1.07. The molecule has 54 valence electrons. The Morgan fingerprint density at radius 3 is 2.67 bits per heavy atom. The van der Waals surface area contributed by atoms with Gasteiger partial charge in [0.05, 0.1) is 11.7 Å². The highest BCUT2D eigenvalue weighted by Crippen LogP contribution is 2.23. The molecule has 2 heteroatoms. The smallest absolute Gasteiger partial charge is 0.0878 e. The second-order valence-corrected chi connectivity index (χ2v) is 2.97. The van der Waals surface area contributed by atoms with Crippen LogP contribution in [0.1, 0.15) is 26.7 Å². The number of rotatable bonds is 0. The fraction of sp³-hybridized carbons (Fsp3) is 1.00. The Morgan fingerprint density at radius 2 is 2.33 bits per heavy atom. The lowest BCUT2D eigenvalue weighted by atomic mass is 9.92. The largest absolute Gasteiger partial charge is 0.387 e. The molecule has 1 aliphatic heterocycles. The number of ether oxygens (including phenoxy) is 1. The Balaban J connectivity index is 2.49.